The van der Waals surface area contributed by atoms with Crippen molar-refractivity contribution in [1.82, 2.24) is 0 Å². The van der Waals surface area contributed by atoms with E-state index < -0.39 is 15.3 Å². The maximum absolute atomic E-state index is 10.3. The molecule has 0 fully saturated rings. The maximum Gasteiger partial charge on any atom is 0.174 e. The standard InChI is InChI=1S/C14H24O2Si/c1-14(2,3)12(13(15)16-17(4)5)11-9-7-6-8-10-11/h6-10,12-13,15,17H,1-5H3/t12-,13?/m0/s1. The van der Waals surface area contributed by atoms with Gasteiger partial charge in [0.2, 0.25) is 0 Å². The lowest BCUT2D eigenvalue weighted by atomic mass is 9.76. The summed E-state index contributed by atoms with van der Waals surface area (Å²) in [5.74, 6) is 0.0126. The van der Waals surface area contributed by atoms with Gasteiger partial charge in [0.05, 0.1) is 0 Å². The second kappa shape index (κ2) is 5.80. The van der Waals surface area contributed by atoms with Crippen molar-refractivity contribution in [1.29, 1.82) is 0 Å². The highest BCUT2D eigenvalue weighted by Gasteiger charge is 2.33. The number of benzene rings is 1. The molecule has 0 bridgehead atoms. The maximum atomic E-state index is 10.3. The molecule has 1 rings (SSSR count). The van der Waals surface area contributed by atoms with Gasteiger partial charge in [-0.1, -0.05) is 51.1 Å². The number of hydrogen-bond acceptors (Lipinski definition) is 2. The van der Waals surface area contributed by atoms with E-state index >= 15 is 0 Å². The third-order valence-corrected chi connectivity index (χ3v) is 3.61. The quantitative estimate of drug-likeness (QED) is 0.659. The van der Waals surface area contributed by atoms with Gasteiger partial charge in [-0.15, -0.1) is 0 Å². The number of aliphatic hydroxyl groups excluding tert-OH is 1. The number of hydrogen-bond donors (Lipinski definition) is 1. The molecule has 0 radical (unpaired) electrons. The topological polar surface area (TPSA) is 29.5 Å². The second-order valence-electron chi connectivity index (χ2n) is 5.83. The van der Waals surface area contributed by atoms with E-state index in [1.165, 1.54) is 0 Å². The van der Waals surface area contributed by atoms with Crippen LogP contribution < -0.4 is 0 Å². The molecule has 1 aromatic carbocycles. The Kier molecular flexibility index (Phi) is 4.92. The summed E-state index contributed by atoms with van der Waals surface area (Å²) in [6.45, 7) is 10.6. The molecule has 0 aliphatic carbocycles. The summed E-state index contributed by atoms with van der Waals surface area (Å²) in [6.07, 6.45) is -0.705. The zero-order valence-electron chi connectivity index (χ0n) is 11.5. The van der Waals surface area contributed by atoms with Crippen molar-refractivity contribution in [2.75, 3.05) is 0 Å². The molecule has 0 heterocycles. The van der Waals surface area contributed by atoms with Crippen LogP contribution in [-0.2, 0) is 4.43 Å². The van der Waals surface area contributed by atoms with Crippen LogP contribution in [0.1, 0.15) is 32.3 Å². The molecule has 3 heteroatoms. The lowest BCUT2D eigenvalue weighted by molar-refractivity contribution is -0.0662. The highest BCUT2D eigenvalue weighted by molar-refractivity contribution is 6.48. The molecule has 0 aliphatic rings. The smallest absolute Gasteiger partial charge is 0.174 e. The van der Waals surface area contributed by atoms with Crippen molar-refractivity contribution in [2.24, 2.45) is 5.41 Å². The summed E-state index contributed by atoms with van der Waals surface area (Å²) in [5.41, 5.74) is 1.12. The van der Waals surface area contributed by atoms with Crippen molar-refractivity contribution in [3.05, 3.63) is 35.9 Å². The first-order valence-electron chi connectivity index (χ1n) is 6.21. The Hall–Kier alpha value is -0.643. The Morgan fingerprint density at radius 3 is 2.06 bits per heavy atom. The number of aliphatic hydroxyl groups is 1. The normalized spacial score (nSPS) is 15.9. The molecule has 0 aliphatic heterocycles. The van der Waals surface area contributed by atoms with E-state index in [0.29, 0.717) is 0 Å². The largest absolute Gasteiger partial charge is 0.396 e. The van der Waals surface area contributed by atoms with Crippen LogP contribution in [0.15, 0.2) is 30.3 Å². The molecule has 0 spiro atoms. The van der Waals surface area contributed by atoms with Gasteiger partial charge in [-0.3, -0.25) is 0 Å². The minimum atomic E-state index is -1.23. The lowest BCUT2D eigenvalue weighted by Crippen LogP contribution is -2.34. The minimum absolute atomic E-state index is 0.0126. The molecular formula is C14H24O2Si. The number of rotatable bonds is 4. The van der Waals surface area contributed by atoms with E-state index in [2.05, 4.69) is 46.0 Å². The fraction of sp³-hybridized carbons (Fsp3) is 0.571. The van der Waals surface area contributed by atoms with Crippen molar-refractivity contribution in [3.63, 3.8) is 0 Å². The first kappa shape index (κ1) is 14.4. The third kappa shape index (κ3) is 4.26. The van der Waals surface area contributed by atoms with Gasteiger partial charge in [0, 0.05) is 5.92 Å². The average molecular weight is 252 g/mol. The predicted molar refractivity (Wildman–Crippen MR) is 74.6 cm³/mol. The van der Waals surface area contributed by atoms with E-state index in [4.69, 9.17) is 4.43 Å². The van der Waals surface area contributed by atoms with Crippen LogP contribution in [0, 0.1) is 5.41 Å². The molecule has 17 heavy (non-hydrogen) atoms. The van der Waals surface area contributed by atoms with Crippen molar-refractivity contribution in [2.45, 2.75) is 46.1 Å². The Bertz CT molecular complexity index is 330. The minimum Gasteiger partial charge on any atom is -0.396 e. The summed E-state index contributed by atoms with van der Waals surface area (Å²) >= 11 is 0. The van der Waals surface area contributed by atoms with E-state index in [1.807, 2.05) is 18.2 Å². The van der Waals surface area contributed by atoms with Crippen LogP contribution in [-0.4, -0.2) is 20.4 Å². The second-order valence-corrected chi connectivity index (χ2v) is 8.20. The van der Waals surface area contributed by atoms with Crippen molar-refractivity contribution in [3.8, 4) is 0 Å². The van der Waals surface area contributed by atoms with E-state index in [-0.39, 0.29) is 11.3 Å². The van der Waals surface area contributed by atoms with Crippen LogP contribution in [0.3, 0.4) is 0 Å². The molecule has 0 aromatic heterocycles. The van der Waals surface area contributed by atoms with Crippen molar-refractivity contribution < 1.29 is 9.53 Å². The molecule has 96 valence electrons. The fourth-order valence-electron chi connectivity index (χ4n) is 2.11. The zero-order valence-corrected chi connectivity index (χ0v) is 12.6. The fourth-order valence-corrected chi connectivity index (χ4v) is 2.82. The molecule has 1 aromatic rings. The first-order valence-corrected chi connectivity index (χ1v) is 8.99. The lowest BCUT2D eigenvalue weighted by Gasteiger charge is -2.35. The van der Waals surface area contributed by atoms with Gasteiger partial charge < -0.3 is 9.53 Å². The zero-order chi connectivity index (χ0) is 13.1. The summed E-state index contributed by atoms with van der Waals surface area (Å²) in [4.78, 5) is 0. The summed E-state index contributed by atoms with van der Waals surface area (Å²) < 4.78 is 5.69. The monoisotopic (exact) mass is 252 g/mol. The van der Waals surface area contributed by atoms with E-state index in [9.17, 15) is 5.11 Å². The summed E-state index contributed by atoms with van der Waals surface area (Å²) in [7, 11) is -1.23. The molecule has 0 saturated carbocycles. The van der Waals surface area contributed by atoms with Gasteiger partial charge in [-0.25, -0.2) is 0 Å². The Balaban J connectivity index is 2.97. The SMILES string of the molecule is C[SiH](C)OC(O)[C@H](c1ccccc1)C(C)(C)C. The van der Waals surface area contributed by atoms with E-state index in [0.717, 1.165) is 5.56 Å². The van der Waals surface area contributed by atoms with Crippen LogP contribution in [0.25, 0.3) is 0 Å². The van der Waals surface area contributed by atoms with Crippen molar-refractivity contribution >= 4 is 9.04 Å². The van der Waals surface area contributed by atoms with Gasteiger partial charge >= 0.3 is 0 Å². The Morgan fingerprint density at radius 2 is 1.65 bits per heavy atom. The molecule has 0 saturated heterocycles. The average Bonchev–Trinajstić information content (AvgIpc) is 2.15. The summed E-state index contributed by atoms with van der Waals surface area (Å²) in [6, 6.07) is 10.1. The molecule has 1 N–H and O–H groups in total. The Morgan fingerprint density at radius 1 is 1.12 bits per heavy atom. The first-order chi connectivity index (χ1) is 7.82. The Labute approximate surface area is 106 Å². The van der Waals surface area contributed by atoms with Gasteiger partial charge in [0.15, 0.2) is 15.3 Å². The van der Waals surface area contributed by atoms with Crippen LogP contribution in [0.4, 0.5) is 0 Å². The highest BCUT2D eigenvalue weighted by atomic mass is 28.3. The molecule has 2 nitrogen and oxygen atoms in total. The van der Waals surface area contributed by atoms with Gasteiger partial charge in [-0.05, 0) is 24.1 Å². The highest BCUT2D eigenvalue weighted by Crippen LogP contribution is 2.38. The molecular weight excluding hydrogens is 228 g/mol. The van der Waals surface area contributed by atoms with Gasteiger partial charge in [0.1, 0.15) is 0 Å². The molecule has 2 atom stereocenters. The third-order valence-electron chi connectivity index (χ3n) is 2.79. The van der Waals surface area contributed by atoms with Gasteiger partial charge in [-0.2, -0.15) is 0 Å². The van der Waals surface area contributed by atoms with Gasteiger partial charge in [0.25, 0.3) is 0 Å². The molecule has 1 unspecified atom stereocenters. The molecule has 0 amide bonds. The summed E-state index contributed by atoms with van der Waals surface area (Å²) in [5, 5.41) is 10.3. The van der Waals surface area contributed by atoms with E-state index in [1.54, 1.807) is 0 Å². The van der Waals surface area contributed by atoms with Crippen LogP contribution in [0.2, 0.25) is 13.1 Å². The van der Waals surface area contributed by atoms with Crippen LogP contribution in [0.5, 0.6) is 0 Å². The van der Waals surface area contributed by atoms with Crippen LogP contribution >= 0.6 is 0 Å². The predicted octanol–water partition coefficient (Wildman–Crippen LogP) is 3.13.